The van der Waals surface area contributed by atoms with Crippen molar-refractivity contribution in [3.8, 4) is 11.1 Å². The number of nitrogens with one attached hydrogen (secondary N) is 2. The number of anilines is 1. The Hall–Kier alpha value is -4.20. The second-order valence-corrected chi connectivity index (χ2v) is 7.66. The maximum Gasteiger partial charge on any atom is 0.407 e. The number of rotatable bonds is 7. The monoisotopic (exact) mass is 445 g/mol. The molecule has 3 N–H and O–H groups in total. The van der Waals surface area contributed by atoms with Gasteiger partial charge in [-0.2, -0.15) is 0 Å². The fourth-order valence-electron chi connectivity index (χ4n) is 3.96. The molecule has 8 heteroatoms. The molecule has 1 heterocycles. The van der Waals surface area contributed by atoms with E-state index >= 15 is 0 Å². The van der Waals surface area contributed by atoms with Gasteiger partial charge < -0.3 is 20.5 Å². The van der Waals surface area contributed by atoms with Gasteiger partial charge in [-0.25, -0.2) is 14.6 Å². The molecule has 1 aromatic heterocycles. The Morgan fingerprint density at radius 3 is 2.18 bits per heavy atom. The van der Waals surface area contributed by atoms with Gasteiger partial charge >= 0.3 is 12.1 Å². The van der Waals surface area contributed by atoms with Crippen LogP contribution in [0.5, 0.6) is 0 Å². The largest absolute Gasteiger partial charge is 0.477 e. The van der Waals surface area contributed by atoms with Gasteiger partial charge in [0.15, 0.2) is 0 Å². The van der Waals surface area contributed by atoms with Crippen LogP contribution in [0.3, 0.4) is 0 Å². The first-order valence-corrected chi connectivity index (χ1v) is 10.6. The molecule has 1 aliphatic rings. The molecule has 0 saturated carbocycles. The van der Waals surface area contributed by atoms with Crippen LogP contribution in [-0.4, -0.2) is 40.7 Å². The number of alkyl carbamates (subject to hydrolysis) is 1. The number of benzene rings is 2. The molecule has 0 radical (unpaired) electrons. The van der Waals surface area contributed by atoms with Crippen LogP contribution in [0.4, 0.5) is 10.5 Å². The topological polar surface area (TPSA) is 118 Å². The average molecular weight is 445 g/mol. The van der Waals surface area contributed by atoms with Crippen molar-refractivity contribution in [2.45, 2.75) is 25.3 Å². The Morgan fingerprint density at radius 2 is 1.64 bits per heavy atom. The standard InChI is InChI=1S/C25H23N3O5/c1-2-21(23(29)27-15-11-12-22(24(30)31)26-13-15)28-25(32)33-14-20-18-9-5-3-7-16(18)17-8-4-6-10-19(17)20/h3-13,20-21H,2,14H2,1H3,(H,27,29)(H,28,32)(H,30,31). The summed E-state index contributed by atoms with van der Waals surface area (Å²) in [7, 11) is 0. The molecule has 3 aromatic rings. The zero-order chi connectivity index (χ0) is 23.4. The Kier molecular flexibility index (Phi) is 6.35. The molecule has 1 atom stereocenters. The molecule has 0 aliphatic heterocycles. The molecule has 1 unspecified atom stereocenters. The summed E-state index contributed by atoms with van der Waals surface area (Å²) in [6.45, 7) is 1.91. The fraction of sp³-hybridized carbons (Fsp3) is 0.200. The number of aromatic nitrogens is 1. The lowest BCUT2D eigenvalue weighted by atomic mass is 9.98. The molecule has 0 spiro atoms. The maximum absolute atomic E-state index is 12.6. The first-order valence-electron chi connectivity index (χ1n) is 10.6. The van der Waals surface area contributed by atoms with E-state index in [0.717, 1.165) is 22.3 Å². The highest BCUT2D eigenvalue weighted by Gasteiger charge is 2.29. The van der Waals surface area contributed by atoms with E-state index in [0.29, 0.717) is 12.1 Å². The number of fused-ring (bicyclic) bond motifs is 3. The molecule has 2 aromatic carbocycles. The van der Waals surface area contributed by atoms with Crippen molar-refractivity contribution in [3.05, 3.63) is 83.7 Å². The van der Waals surface area contributed by atoms with Crippen LogP contribution in [0.15, 0.2) is 66.9 Å². The van der Waals surface area contributed by atoms with Crippen molar-refractivity contribution in [2.75, 3.05) is 11.9 Å². The number of pyridine rings is 1. The molecule has 8 nitrogen and oxygen atoms in total. The predicted octanol–water partition coefficient (Wildman–Crippen LogP) is 4.04. The Balaban J connectivity index is 1.37. The van der Waals surface area contributed by atoms with E-state index in [1.165, 1.54) is 18.3 Å². The lowest BCUT2D eigenvalue weighted by Gasteiger charge is -2.18. The number of aromatic carboxylic acids is 1. The van der Waals surface area contributed by atoms with Crippen LogP contribution in [0, 0.1) is 0 Å². The van der Waals surface area contributed by atoms with E-state index in [9.17, 15) is 14.4 Å². The number of carboxylic acids is 1. The van der Waals surface area contributed by atoms with E-state index in [1.807, 2.05) is 36.4 Å². The number of nitrogens with zero attached hydrogens (tertiary/aromatic N) is 1. The summed E-state index contributed by atoms with van der Waals surface area (Å²) in [4.78, 5) is 39.7. The minimum absolute atomic E-state index is 0.0733. The van der Waals surface area contributed by atoms with Crippen molar-refractivity contribution >= 4 is 23.7 Å². The van der Waals surface area contributed by atoms with Crippen LogP contribution in [0.25, 0.3) is 11.1 Å². The number of carboxylic acid groups (broad SMARTS) is 1. The second kappa shape index (κ2) is 9.52. The highest BCUT2D eigenvalue weighted by Crippen LogP contribution is 2.44. The number of carbonyl (C=O) groups is 3. The third-order valence-corrected chi connectivity index (χ3v) is 5.61. The van der Waals surface area contributed by atoms with E-state index in [1.54, 1.807) is 6.92 Å². The summed E-state index contributed by atoms with van der Waals surface area (Å²) in [6, 6.07) is 18.0. The van der Waals surface area contributed by atoms with E-state index < -0.39 is 24.0 Å². The first-order chi connectivity index (χ1) is 16.0. The summed E-state index contributed by atoms with van der Waals surface area (Å²) in [6.07, 6.45) is 0.913. The first kappa shape index (κ1) is 22.0. The third kappa shape index (κ3) is 4.69. The van der Waals surface area contributed by atoms with Crippen molar-refractivity contribution < 1.29 is 24.2 Å². The van der Waals surface area contributed by atoms with Gasteiger partial charge in [-0.3, -0.25) is 4.79 Å². The molecule has 33 heavy (non-hydrogen) atoms. The molecule has 1 aliphatic carbocycles. The minimum atomic E-state index is -1.16. The van der Waals surface area contributed by atoms with Gasteiger partial charge in [-0.15, -0.1) is 0 Å². The molecular formula is C25H23N3O5. The van der Waals surface area contributed by atoms with Gasteiger partial charge in [-0.1, -0.05) is 55.5 Å². The lowest BCUT2D eigenvalue weighted by molar-refractivity contribution is -0.118. The average Bonchev–Trinajstić information content (AvgIpc) is 3.15. The van der Waals surface area contributed by atoms with Gasteiger partial charge in [-0.05, 0) is 40.8 Å². The number of hydrogen-bond acceptors (Lipinski definition) is 5. The quantitative estimate of drug-likeness (QED) is 0.505. The van der Waals surface area contributed by atoms with Gasteiger partial charge in [0.2, 0.25) is 5.91 Å². The van der Waals surface area contributed by atoms with Crippen LogP contribution < -0.4 is 10.6 Å². The summed E-state index contributed by atoms with van der Waals surface area (Å²) in [5.74, 6) is -1.68. The highest BCUT2D eigenvalue weighted by atomic mass is 16.5. The van der Waals surface area contributed by atoms with Crippen LogP contribution in [-0.2, 0) is 9.53 Å². The summed E-state index contributed by atoms with van der Waals surface area (Å²) < 4.78 is 5.51. The Labute approximate surface area is 190 Å². The maximum atomic E-state index is 12.6. The molecule has 0 saturated heterocycles. The normalized spacial score (nSPS) is 12.9. The molecule has 4 rings (SSSR count). The summed E-state index contributed by atoms with van der Waals surface area (Å²) in [5, 5.41) is 14.1. The van der Waals surface area contributed by atoms with Crippen LogP contribution in [0.2, 0.25) is 0 Å². The van der Waals surface area contributed by atoms with E-state index in [4.69, 9.17) is 9.84 Å². The predicted molar refractivity (Wildman–Crippen MR) is 122 cm³/mol. The number of carbonyl (C=O) groups excluding carboxylic acids is 2. The molecule has 0 bridgehead atoms. The fourth-order valence-corrected chi connectivity index (χ4v) is 3.96. The van der Waals surface area contributed by atoms with E-state index in [2.05, 4.69) is 27.8 Å². The van der Waals surface area contributed by atoms with Crippen molar-refractivity contribution in [1.82, 2.24) is 10.3 Å². The number of hydrogen-bond donors (Lipinski definition) is 3. The van der Waals surface area contributed by atoms with Gasteiger partial charge in [0, 0.05) is 5.92 Å². The van der Waals surface area contributed by atoms with Crippen molar-refractivity contribution in [2.24, 2.45) is 0 Å². The van der Waals surface area contributed by atoms with Gasteiger partial charge in [0.1, 0.15) is 18.3 Å². The molecule has 2 amide bonds. The highest BCUT2D eigenvalue weighted by molar-refractivity contribution is 5.96. The summed E-state index contributed by atoms with van der Waals surface area (Å²) >= 11 is 0. The minimum Gasteiger partial charge on any atom is -0.477 e. The van der Waals surface area contributed by atoms with Crippen molar-refractivity contribution in [3.63, 3.8) is 0 Å². The van der Waals surface area contributed by atoms with Crippen LogP contribution >= 0.6 is 0 Å². The Morgan fingerprint density at radius 1 is 1.00 bits per heavy atom. The van der Waals surface area contributed by atoms with E-state index in [-0.39, 0.29) is 18.2 Å². The zero-order valence-corrected chi connectivity index (χ0v) is 17.9. The Bertz CT molecular complexity index is 1150. The van der Waals surface area contributed by atoms with Gasteiger partial charge in [0.25, 0.3) is 0 Å². The third-order valence-electron chi connectivity index (χ3n) is 5.61. The van der Waals surface area contributed by atoms with Crippen LogP contribution in [0.1, 0.15) is 40.9 Å². The van der Waals surface area contributed by atoms with Gasteiger partial charge in [0.05, 0.1) is 11.9 Å². The smallest absolute Gasteiger partial charge is 0.407 e. The SMILES string of the molecule is CCC(NC(=O)OCC1c2ccccc2-c2ccccc21)C(=O)Nc1ccc(C(=O)O)nc1. The summed E-state index contributed by atoms with van der Waals surface area (Å²) in [5.41, 5.74) is 4.68. The molecular weight excluding hydrogens is 422 g/mol. The number of ether oxygens (including phenoxy) is 1. The zero-order valence-electron chi connectivity index (χ0n) is 17.9. The molecule has 168 valence electrons. The van der Waals surface area contributed by atoms with Crippen molar-refractivity contribution in [1.29, 1.82) is 0 Å². The lowest BCUT2D eigenvalue weighted by Crippen LogP contribution is -2.43. The second-order valence-electron chi connectivity index (χ2n) is 7.66. The number of amides is 2. The molecule has 0 fully saturated rings.